The number of hydrogen-bond acceptors (Lipinski definition) is 3. The third-order valence-corrected chi connectivity index (χ3v) is 4.39. The monoisotopic (exact) mass is 409 g/mol. The summed E-state index contributed by atoms with van der Waals surface area (Å²) in [4.78, 5) is 17.4. The van der Waals surface area contributed by atoms with Gasteiger partial charge in [-0.1, -0.05) is 17.9 Å². The molecule has 0 spiro atoms. The smallest absolute Gasteiger partial charge is 0.369 e. The van der Waals surface area contributed by atoms with Crippen molar-refractivity contribution in [3.63, 3.8) is 0 Å². The Hall–Kier alpha value is -2.73. The first-order valence-corrected chi connectivity index (χ1v) is 9.49. The zero-order valence-electron chi connectivity index (χ0n) is 16.4. The van der Waals surface area contributed by atoms with Crippen molar-refractivity contribution in [3.8, 4) is 11.8 Å². The lowest BCUT2D eigenvalue weighted by atomic mass is 10.1. The largest absolute Gasteiger partial charge is 0.416 e. The molecular formula is C20H26F3N5O. The second-order valence-corrected chi connectivity index (χ2v) is 6.74. The van der Waals surface area contributed by atoms with Gasteiger partial charge in [0.2, 0.25) is 5.91 Å². The van der Waals surface area contributed by atoms with E-state index in [1.165, 1.54) is 12.1 Å². The van der Waals surface area contributed by atoms with Gasteiger partial charge in [0.15, 0.2) is 5.96 Å². The topological polar surface area (TPSA) is 82.8 Å². The number of primary amides is 1. The molecule has 1 amide bonds. The maximum Gasteiger partial charge on any atom is 0.416 e. The van der Waals surface area contributed by atoms with Crippen molar-refractivity contribution in [2.75, 3.05) is 32.7 Å². The normalized spacial score (nSPS) is 16.1. The quantitative estimate of drug-likeness (QED) is 0.392. The zero-order chi connectivity index (χ0) is 21.3. The number of nitrogens with zero attached hydrogens (tertiary/aromatic N) is 2. The Morgan fingerprint density at radius 2 is 2.07 bits per heavy atom. The molecule has 1 aromatic rings. The van der Waals surface area contributed by atoms with Crippen molar-refractivity contribution in [2.24, 2.45) is 10.7 Å². The van der Waals surface area contributed by atoms with E-state index < -0.39 is 11.7 Å². The van der Waals surface area contributed by atoms with Gasteiger partial charge < -0.3 is 16.4 Å². The molecular weight excluding hydrogens is 383 g/mol. The number of rotatable bonds is 5. The molecule has 1 aliphatic rings. The molecule has 0 aliphatic carbocycles. The Morgan fingerprint density at radius 3 is 2.69 bits per heavy atom. The van der Waals surface area contributed by atoms with E-state index in [2.05, 4.69) is 27.5 Å². The van der Waals surface area contributed by atoms with E-state index in [0.29, 0.717) is 18.1 Å². The minimum absolute atomic E-state index is 0.159. The van der Waals surface area contributed by atoms with Gasteiger partial charge in [0.05, 0.1) is 12.1 Å². The minimum atomic E-state index is -4.38. The number of aliphatic imine (C=N–C) groups is 1. The number of amides is 1. The number of carbonyl (C=O) groups is 1. The number of alkyl halides is 3. The van der Waals surface area contributed by atoms with Crippen molar-refractivity contribution in [1.82, 2.24) is 15.5 Å². The van der Waals surface area contributed by atoms with Crippen molar-refractivity contribution in [3.05, 3.63) is 35.4 Å². The average molecular weight is 409 g/mol. The third-order valence-electron chi connectivity index (χ3n) is 4.39. The van der Waals surface area contributed by atoms with E-state index in [4.69, 9.17) is 5.73 Å². The lowest BCUT2D eigenvalue weighted by molar-refractivity contribution is -0.137. The van der Waals surface area contributed by atoms with Crippen molar-refractivity contribution in [1.29, 1.82) is 0 Å². The van der Waals surface area contributed by atoms with Crippen molar-refractivity contribution < 1.29 is 18.0 Å². The standard InChI is InChI=1S/C20H26F3N5O/c1-2-25-19(27-17-8-11-28(12-9-17)14-18(24)29)26-10-4-6-15-5-3-7-16(13-15)20(21,22)23/h3,5,7,13,17H,2,8-12,14H2,1H3,(H2,24,29)(H2,25,26,27). The van der Waals surface area contributed by atoms with Crippen LogP contribution in [0, 0.1) is 11.8 Å². The van der Waals surface area contributed by atoms with Gasteiger partial charge in [0, 0.05) is 31.2 Å². The molecule has 29 heavy (non-hydrogen) atoms. The summed E-state index contributed by atoms with van der Waals surface area (Å²) in [6.45, 7) is 4.59. The fourth-order valence-corrected chi connectivity index (χ4v) is 3.00. The lowest BCUT2D eigenvalue weighted by Gasteiger charge is -2.32. The Balaban J connectivity index is 1.90. The molecule has 4 N–H and O–H groups in total. The predicted octanol–water partition coefficient (Wildman–Crippen LogP) is 1.56. The molecule has 6 nitrogen and oxygen atoms in total. The van der Waals surface area contributed by atoms with Crippen LogP contribution in [0.1, 0.15) is 30.9 Å². The number of nitrogens with two attached hydrogens (primary N) is 1. The number of hydrogen-bond donors (Lipinski definition) is 3. The molecule has 0 saturated carbocycles. The highest BCUT2D eigenvalue weighted by Crippen LogP contribution is 2.29. The molecule has 158 valence electrons. The first kappa shape index (κ1) is 22.6. The van der Waals surface area contributed by atoms with E-state index in [0.717, 1.165) is 38.1 Å². The van der Waals surface area contributed by atoms with Crippen molar-refractivity contribution >= 4 is 11.9 Å². The minimum Gasteiger partial charge on any atom is -0.369 e. The fourth-order valence-electron chi connectivity index (χ4n) is 3.00. The molecule has 0 bridgehead atoms. The fraction of sp³-hybridized carbons (Fsp3) is 0.500. The number of piperidine rings is 1. The molecule has 0 unspecified atom stereocenters. The summed E-state index contributed by atoms with van der Waals surface area (Å²) in [6, 6.07) is 5.14. The van der Waals surface area contributed by atoms with Crippen LogP contribution in [0.4, 0.5) is 13.2 Å². The van der Waals surface area contributed by atoms with Crippen LogP contribution in [0.5, 0.6) is 0 Å². The van der Waals surface area contributed by atoms with Gasteiger partial charge in [-0.15, -0.1) is 0 Å². The number of halogens is 3. The van der Waals surface area contributed by atoms with Crippen LogP contribution in [-0.2, 0) is 11.0 Å². The van der Waals surface area contributed by atoms with Gasteiger partial charge in [-0.05, 0) is 38.0 Å². The van der Waals surface area contributed by atoms with Gasteiger partial charge in [0.1, 0.15) is 6.54 Å². The van der Waals surface area contributed by atoms with E-state index in [9.17, 15) is 18.0 Å². The highest BCUT2D eigenvalue weighted by molar-refractivity contribution is 5.80. The van der Waals surface area contributed by atoms with Crippen LogP contribution < -0.4 is 16.4 Å². The van der Waals surface area contributed by atoms with E-state index in [1.54, 1.807) is 0 Å². The van der Waals surface area contributed by atoms with Crippen LogP contribution >= 0.6 is 0 Å². The molecule has 0 atom stereocenters. The summed E-state index contributed by atoms with van der Waals surface area (Å²) >= 11 is 0. The molecule has 2 rings (SSSR count). The number of guanidine groups is 1. The summed E-state index contributed by atoms with van der Waals surface area (Å²) in [5.41, 5.74) is 4.81. The Kier molecular flexibility index (Phi) is 8.34. The first-order valence-electron chi connectivity index (χ1n) is 9.49. The number of carbonyl (C=O) groups excluding carboxylic acids is 1. The SMILES string of the molecule is CCNC(=NCC#Cc1cccc(C(F)(F)F)c1)NC1CCN(CC(N)=O)CC1. The van der Waals surface area contributed by atoms with Gasteiger partial charge in [-0.3, -0.25) is 9.69 Å². The lowest BCUT2D eigenvalue weighted by Crippen LogP contribution is -2.49. The molecule has 1 fully saturated rings. The van der Waals surface area contributed by atoms with Gasteiger partial charge in [-0.2, -0.15) is 13.2 Å². The highest BCUT2D eigenvalue weighted by Gasteiger charge is 2.30. The zero-order valence-corrected chi connectivity index (χ0v) is 16.4. The highest BCUT2D eigenvalue weighted by atomic mass is 19.4. The van der Waals surface area contributed by atoms with Gasteiger partial charge in [0.25, 0.3) is 0 Å². The van der Waals surface area contributed by atoms with Crippen LogP contribution in [0.3, 0.4) is 0 Å². The predicted molar refractivity (Wildman–Crippen MR) is 106 cm³/mol. The Morgan fingerprint density at radius 1 is 1.34 bits per heavy atom. The second-order valence-electron chi connectivity index (χ2n) is 6.74. The molecule has 1 heterocycles. The van der Waals surface area contributed by atoms with E-state index in [-0.39, 0.29) is 25.0 Å². The number of benzene rings is 1. The maximum absolute atomic E-state index is 12.7. The number of likely N-dealkylation sites (tertiary alicyclic amines) is 1. The molecule has 0 radical (unpaired) electrons. The second kappa shape index (κ2) is 10.7. The summed E-state index contributed by atoms with van der Waals surface area (Å²) in [5.74, 6) is 5.79. The van der Waals surface area contributed by atoms with Crippen LogP contribution in [-0.4, -0.2) is 55.5 Å². The molecule has 1 saturated heterocycles. The Labute approximate surface area is 168 Å². The summed E-state index contributed by atoms with van der Waals surface area (Å²) in [5, 5.41) is 6.47. The van der Waals surface area contributed by atoms with Crippen LogP contribution in [0.2, 0.25) is 0 Å². The first-order chi connectivity index (χ1) is 13.8. The molecule has 0 aromatic heterocycles. The van der Waals surface area contributed by atoms with Crippen LogP contribution in [0.25, 0.3) is 0 Å². The summed E-state index contributed by atoms with van der Waals surface area (Å²) in [7, 11) is 0. The van der Waals surface area contributed by atoms with E-state index >= 15 is 0 Å². The summed E-state index contributed by atoms with van der Waals surface area (Å²) < 4.78 is 38.2. The Bertz CT molecular complexity index is 774. The van der Waals surface area contributed by atoms with E-state index in [1.807, 2.05) is 11.8 Å². The van der Waals surface area contributed by atoms with Crippen LogP contribution in [0.15, 0.2) is 29.3 Å². The molecule has 1 aromatic carbocycles. The maximum atomic E-state index is 12.7. The van der Waals surface area contributed by atoms with Gasteiger partial charge in [-0.25, -0.2) is 4.99 Å². The van der Waals surface area contributed by atoms with Gasteiger partial charge >= 0.3 is 6.18 Å². The average Bonchev–Trinajstić information content (AvgIpc) is 2.66. The third kappa shape index (κ3) is 8.03. The molecule has 1 aliphatic heterocycles. The van der Waals surface area contributed by atoms with Crippen molar-refractivity contribution in [2.45, 2.75) is 32.0 Å². The summed E-state index contributed by atoms with van der Waals surface area (Å²) in [6.07, 6.45) is -2.67. The number of nitrogens with one attached hydrogen (secondary N) is 2. The molecule has 9 heteroatoms.